The van der Waals surface area contributed by atoms with E-state index in [1.807, 2.05) is 91.0 Å². The van der Waals surface area contributed by atoms with Gasteiger partial charge in [0.25, 0.3) is 0 Å². The average Bonchev–Trinajstić information content (AvgIpc) is 2.77. The van der Waals surface area contributed by atoms with Crippen LogP contribution in [-0.2, 0) is 4.79 Å². The highest BCUT2D eigenvalue weighted by Crippen LogP contribution is 2.46. The van der Waals surface area contributed by atoms with E-state index >= 15 is 0 Å². The van der Waals surface area contributed by atoms with Gasteiger partial charge in [-0.1, -0.05) is 110 Å². The SMILES string of the molecule is C=C/C=C/C(=O)C(C#N)=P(c1ccccc1)(c1ccccc1)c1ccccc1. The van der Waals surface area contributed by atoms with E-state index in [2.05, 4.69) is 12.6 Å². The minimum Gasteiger partial charge on any atom is -0.288 e. The van der Waals surface area contributed by atoms with Crippen LogP contribution in [0.4, 0.5) is 0 Å². The topological polar surface area (TPSA) is 40.9 Å². The third-order valence-corrected chi connectivity index (χ3v) is 8.70. The molecular weight excluding hydrogens is 361 g/mol. The van der Waals surface area contributed by atoms with Crippen molar-refractivity contribution >= 4 is 33.9 Å². The monoisotopic (exact) mass is 381 g/mol. The van der Waals surface area contributed by atoms with Gasteiger partial charge in [-0.2, -0.15) is 5.26 Å². The van der Waals surface area contributed by atoms with Crippen molar-refractivity contribution in [2.24, 2.45) is 0 Å². The summed E-state index contributed by atoms with van der Waals surface area (Å²) in [5.74, 6) is -0.285. The van der Waals surface area contributed by atoms with Crippen LogP contribution in [0, 0.1) is 11.3 Å². The summed E-state index contributed by atoms with van der Waals surface area (Å²) in [6, 6.07) is 31.9. The number of carbonyl (C=O) groups is 1. The molecule has 0 bridgehead atoms. The second-order valence-corrected chi connectivity index (χ2v) is 9.43. The van der Waals surface area contributed by atoms with Gasteiger partial charge in [0.05, 0.1) is 0 Å². The van der Waals surface area contributed by atoms with Gasteiger partial charge < -0.3 is 0 Å². The Hall–Kier alpha value is -3.40. The normalized spacial score (nSPS) is 11.0. The molecule has 0 aliphatic heterocycles. The largest absolute Gasteiger partial charge is 0.288 e. The summed E-state index contributed by atoms with van der Waals surface area (Å²) in [4.78, 5) is 13.1. The van der Waals surface area contributed by atoms with E-state index in [9.17, 15) is 10.1 Å². The van der Waals surface area contributed by atoms with Gasteiger partial charge in [0.2, 0.25) is 0 Å². The molecule has 0 unspecified atom stereocenters. The lowest BCUT2D eigenvalue weighted by atomic mass is 10.3. The lowest BCUT2D eigenvalue weighted by Crippen LogP contribution is -2.32. The number of benzene rings is 3. The smallest absolute Gasteiger partial charge is 0.197 e. The Labute approximate surface area is 166 Å². The molecule has 28 heavy (non-hydrogen) atoms. The van der Waals surface area contributed by atoms with Crippen molar-refractivity contribution in [3.8, 4) is 6.07 Å². The molecule has 3 aromatic rings. The van der Waals surface area contributed by atoms with Gasteiger partial charge in [-0.05, 0) is 28.9 Å². The summed E-state index contributed by atoms with van der Waals surface area (Å²) in [6.45, 7) is 0.993. The van der Waals surface area contributed by atoms with Crippen LogP contribution in [0.3, 0.4) is 0 Å². The van der Waals surface area contributed by atoms with Crippen LogP contribution < -0.4 is 15.9 Å². The van der Waals surface area contributed by atoms with E-state index in [4.69, 9.17) is 0 Å². The molecule has 2 nitrogen and oxygen atoms in total. The Balaban J connectivity index is 2.57. The molecule has 136 valence electrons. The number of hydrogen-bond donors (Lipinski definition) is 0. The second-order valence-electron chi connectivity index (χ2n) is 6.10. The molecule has 0 heterocycles. The second kappa shape index (κ2) is 9.00. The van der Waals surface area contributed by atoms with Gasteiger partial charge in [-0.25, -0.2) is 0 Å². The van der Waals surface area contributed by atoms with Gasteiger partial charge >= 0.3 is 0 Å². The van der Waals surface area contributed by atoms with Crippen molar-refractivity contribution in [3.05, 3.63) is 116 Å². The first kappa shape index (κ1) is 19.4. The number of hydrogen-bond acceptors (Lipinski definition) is 2. The van der Waals surface area contributed by atoms with Crippen LogP contribution in [0.5, 0.6) is 0 Å². The van der Waals surface area contributed by atoms with Crippen molar-refractivity contribution < 1.29 is 4.79 Å². The van der Waals surface area contributed by atoms with E-state index in [-0.39, 0.29) is 11.1 Å². The molecule has 0 aliphatic carbocycles. The lowest BCUT2D eigenvalue weighted by Gasteiger charge is -2.29. The zero-order valence-electron chi connectivity index (χ0n) is 15.4. The molecule has 0 aromatic heterocycles. The molecule has 3 aromatic carbocycles. The lowest BCUT2D eigenvalue weighted by molar-refractivity contribution is -0.108. The molecular formula is C25H20NOP. The highest BCUT2D eigenvalue weighted by molar-refractivity contribution is 7.97. The van der Waals surface area contributed by atoms with Gasteiger partial charge in [0.1, 0.15) is 11.4 Å². The fourth-order valence-corrected chi connectivity index (χ4v) is 7.40. The van der Waals surface area contributed by atoms with Crippen LogP contribution in [0.25, 0.3) is 0 Å². The van der Waals surface area contributed by atoms with Crippen LogP contribution in [0.15, 0.2) is 116 Å². The van der Waals surface area contributed by atoms with Crippen molar-refractivity contribution in [1.82, 2.24) is 0 Å². The zero-order valence-corrected chi connectivity index (χ0v) is 16.3. The maximum Gasteiger partial charge on any atom is 0.197 e. The molecule has 0 atom stereocenters. The predicted molar refractivity (Wildman–Crippen MR) is 120 cm³/mol. The van der Waals surface area contributed by atoms with E-state index < -0.39 is 6.89 Å². The summed E-state index contributed by atoms with van der Waals surface area (Å²) in [5.41, 5.74) is 0. The number of allylic oxidation sites excluding steroid dienone is 3. The molecule has 0 aliphatic rings. The number of nitrogens with zero attached hydrogens (tertiary/aromatic N) is 1. The fraction of sp³-hybridized carbons (Fsp3) is 0. The highest BCUT2D eigenvalue weighted by atomic mass is 31.2. The Kier molecular flexibility index (Phi) is 6.22. The Bertz CT molecular complexity index is 988. The van der Waals surface area contributed by atoms with E-state index in [0.29, 0.717) is 0 Å². The first-order chi connectivity index (χ1) is 13.7. The maximum atomic E-state index is 13.1. The van der Waals surface area contributed by atoms with Crippen LogP contribution in [-0.4, -0.2) is 11.1 Å². The molecule has 0 saturated carbocycles. The van der Waals surface area contributed by atoms with E-state index in [1.54, 1.807) is 12.2 Å². The van der Waals surface area contributed by atoms with E-state index in [1.165, 1.54) is 6.08 Å². The average molecular weight is 381 g/mol. The quantitative estimate of drug-likeness (QED) is 0.368. The molecule has 0 radical (unpaired) electrons. The van der Waals surface area contributed by atoms with Gasteiger partial charge in [0.15, 0.2) is 5.78 Å². The number of ketones is 1. The number of rotatable bonds is 6. The molecule has 0 spiro atoms. The van der Waals surface area contributed by atoms with Crippen LogP contribution in [0.1, 0.15) is 0 Å². The summed E-state index contributed by atoms with van der Waals surface area (Å²) < 4.78 is 0. The predicted octanol–water partition coefficient (Wildman–Crippen LogP) is 3.99. The summed E-state index contributed by atoms with van der Waals surface area (Å²) >= 11 is 0. The first-order valence-corrected chi connectivity index (χ1v) is 10.7. The van der Waals surface area contributed by atoms with E-state index in [0.717, 1.165) is 15.9 Å². The summed E-state index contributed by atoms with van der Waals surface area (Å²) in [5, 5.41) is 13.4. The standard InChI is InChI=1S/C25H20NOP/c1-2-3-19-24(27)25(20-26)28(21-13-7-4-8-14-21,22-15-9-5-10-16-22)23-17-11-6-12-18-23/h2-19H,1H2/b19-3+. The summed E-state index contributed by atoms with van der Waals surface area (Å²) in [7, 11) is 0. The van der Waals surface area contributed by atoms with Gasteiger partial charge in [-0.3, -0.25) is 4.79 Å². The highest BCUT2D eigenvalue weighted by Gasteiger charge is 2.32. The Morgan fingerprint density at radius 1 is 0.786 bits per heavy atom. The molecule has 3 heteroatoms. The number of carbonyl (C=O) groups excluding carboxylic acids is 1. The molecule has 3 rings (SSSR count). The van der Waals surface area contributed by atoms with Crippen molar-refractivity contribution in [2.45, 2.75) is 0 Å². The summed E-state index contributed by atoms with van der Waals surface area (Å²) in [6.07, 6.45) is 4.55. The Morgan fingerprint density at radius 2 is 1.18 bits per heavy atom. The zero-order chi connectivity index (χ0) is 19.8. The molecule has 0 amide bonds. The first-order valence-electron chi connectivity index (χ1n) is 8.92. The van der Waals surface area contributed by atoms with Gasteiger partial charge in [0, 0.05) is 0 Å². The van der Waals surface area contributed by atoms with Crippen molar-refractivity contribution in [3.63, 3.8) is 0 Å². The van der Waals surface area contributed by atoms with Crippen molar-refractivity contribution in [2.75, 3.05) is 0 Å². The Morgan fingerprint density at radius 3 is 1.50 bits per heavy atom. The molecule has 0 saturated heterocycles. The third-order valence-electron chi connectivity index (χ3n) is 4.49. The van der Waals surface area contributed by atoms with Crippen molar-refractivity contribution in [1.29, 1.82) is 5.26 Å². The maximum absolute atomic E-state index is 13.1. The molecule has 0 fully saturated rings. The fourth-order valence-electron chi connectivity index (χ4n) is 3.32. The molecule has 0 N–H and O–H groups in total. The van der Waals surface area contributed by atoms with Crippen LogP contribution >= 0.6 is 6.89 Å². The minimum atomic E-state index is -2.64. The minimum absolute atomic E-state index is 0.259. The van der Waals surface area contributed by atoms with Gasteiger partial charge in [-0.15, -0.1) is 0 Å². The van der Waals surface area contributed by atoms with Crippen LogP contribution in [0.2, 0.25) is 0 Å². The third kappa shape index (κ3) is 3.54. The number of nitriles is 1.